The van der Waals surface area contributed by atoms with Gasteiger partial charge in [0.2, 0.25) is 0 Å². The highest BCUT2D eigenvalue weighted by atomic mass is 32.2. The van der Waals surface area contributed by atoms with Crippen LogP contribution >= 0.6 is 24.0 Å². The van der Waals surface area contributed by atoms with Gasteiger partial charge in [-0.15, -0.1) is 0 Å². The van der Waals surface area contributed by atoms with Crippen molar-refractivity contribution in [1.29, 1.82) is 0 Å². The first kappa shape index (κ1) is 16.9. The van der Waals surface area contributed by atoms with E-state index in [1.165, 1.54) is 17.3 Å². The number of aromatic nitrogens is 1. The summed E-state index contributed by atoms with van der Waals surface area (Å²) in [7, 11) is 0. The molecule has 1 aromatic heterocycles. The van der Waals surface area contributed by atoms with Crippen molar-refractivity contribution in [2.24, 2.45) is 0 Å². The van der Waals surface area contributed by atoms with Gasteiger partial charge in [0.25, 0.3) is 5.91 Å². The van der Waals surface area contributed by atoms with E-state index in [1.807, 2.05) is 54.6 Å². The van der Waals surface area contributed by atoms with Crippen LogP contribution in [0.3, 0.4) is 0 Å². The third-order valence-corrected chi connectivity index (χ3v) is 5.69. The van der Waals surface area contributed by atoms with Crippen LogP contribution in [0, 0.1) is 0 Å². The summed E-state index contributed by atoms with van der Waals surface area (Å²) in [6, 6.07) is 20.0. The topological polar surface area (TPSA) is 33.2 Å². The largest absolute Gasteiger partial charge is 0.293 e. The number of benzene rings is 2. The Bertz CT molecular complexity index is 1010. The summed E-state index contributed by atoms with van der Waals surface area (Å²) in [6.45, 7) is 0.600. The molecule has 0 saturated carbocycles. The number of thioether (sulfide) groups is 1. The quantitative estimate of drug-likeness (QED) is 0.489. The third-order valence-electron chi connectivity index (χ3n) is 4.31. The molecule has 1 aliphatic rings. The normalized spacial score (nSPS) is 16.0. The molecule has 0 atom stereocenters. The van der Waals surface area contributed by atoms with Crippen LogP contribution in [0.4, 0.5) is 0 Å². The summed E-state index contributed by atoms with van der Waals surface area (Å²) in [4.78, 5) is 19.5. The molecule has 2 heterocycles. The molecule has 128 valence electrons. The van der Waals surface area contributed by atoms with E-state index in [0.29, 0.717) is 15.8 Å². The van der Waals surface area contributed by atoms with Gasteiger partial charge in [-0.05, 0) is 35.8 Å². The number of pyridine rings is 1. The first-order valence-electron chi connectivity index (χ1n) is 8.35. The average molecular weight is 377 g/mol. The van der Waals surface area contributed by atoms with Gasteiger partial charge in [-0.1, -0.05) is 72.5 Å². The standard InChI is InChI=1S/C21H16N2OS2/c24-20-19(14-16-10-12-22-18-9-5-4-8-17(16)18)26-21(25)23(20)13-11-15-6-2-1-3-7-15/h1-10,12,14H,11,13H2/b19-14-. The highest BCUT2D eigenvalue weighted by Crippen LogP contribution is 2.33. The van der Waals surface area contributed by atoms with Crippen molar-refractivity contribution in [3.05, 3.63) is 82.9 Å². The lowest BCUT2D eigenvalue weighted by molar-refractivity contribution is -0.122. The second-order valence-corrected chi connectivity index (χ2v) is 7.66. The number of carbonyl (C=O) groups is 1. The van der Waals surface area contributed by atoms with Crippen molar-refractivity contribution < 1.29 is 4.79 Å². The Morgan fingerprint density at radius 1 is 1.04 bits per heavy atom. The first-order valence-corrected chi connectivity index (χ1v) is 9.58. The Balaban J connectivity index is 1.57. The van der Waals surface area contributed by atoms with E-state index in [9.17, 15) is 4.79 Å². The Hall–Kier alpha value is -2.50. The van der Waals surface area contributed by atoms with Gasteiger partial charge >= 0.3 is 0 Å². The molecule has 0 aliphatic carbocycles. The molecule has 1 aliphatic heterocycles. The molecule has 1 fully saturated rings. The molecule has 1 amide bonds. The Morgan fingerprint density at radius 2 is 1.81 bits per heavy atom. The second-order valence-electron chi connectivity index (χ2n) is 5.99. The maximum absolute atomic E-state index is 12.8. The maximum atomic E-state index is 12.8. The molecule has 0 spiro atoms. The highest BCUT2D eigenvalue weighted by molar-refractivity contribution is 8.26. The number of thiocarbonyl (C=S) groups is 1. The van der Waals surface area contributed by atoms with Crippen LogP contribution in [-0.4, -0.2) is 26.7 Å². The molecule has 1 saturated heterocycles. The van der Waals surface area contributed by atoms with Crippen molar-refractivity contribution in [2.75, 3.05) is 6.54 Å². The molecule has 2 aromatic carbocycles. The van der Waals surface area contributed by atoms with E-state index in [2.05, 4.69) is 17.1 Å². The SMILES string of the molecule is O=C1/C(=C/c2ccnc3ccccc23)SC(=S)N1CCc1ccccc1. The molecule has 0 radical (unpaired) electrons. The molecule has 4 rings (SSSR count). The number of hydrogen-bond donors (Lipinski definition) is 0. The average Bonchev–Trinajstić information content (AvgIpc) is 2.94. The van der Waals surface area contributed by atoms with Crippen LogP contribution in [0.25, 0.3) is 17.0 Å². The van der Waals surface area contributed by atoms with Crippen molar-refractivity contribution in [3.63, 3.8) is 0 Å². The van der Waals surface area contributed by atoms with Crippen LogP contribution in [0.2, 0.25) is 0 Å². The predicted molar refractivity (Wildman–Crippen MR) is 112 cm³/mol. The summed E-state index contributed by atoms with van der Waals surface area (Å²) in [5, 5.41) is 1.03. The van der Waals surface area contributed by atoms with E-state index in [-0.39, 0.29) is 5.91 Å². The summed E-state index contributed by atoms with van der Waals surface area (Å²) >= 11 is 6.81. The van der Waals surface area contributed by atoms with Crippen LogP contribution in [0.5, 0.6) is 0 Å². The second kappa shape index (κ2) is 7.40. The number of nitrogens with zero attached hydrogens (tertiary/aromatic N) is 2. The Morgan fingerprint density at radius 3 is 2.65 bits per heavy atom. The summed E-state index contributed by atoms with van der Waals surface area (Å²) in [5.74, 6) is -0.0168. The van der Waals surface area contributed by atoms with Crippen molar-refractivity contribution in [2.45, 2.75) is 6.42 Å². The summed E-state index contributed by atoms with van der Waals surface area (Å²) in [6.07, 6.45) is 4.48. The van der Waals surface area contributed by atoms with E-state index >= 15 is 0 Å². The van der Waals surface area contributed by atoms with Gasteiger partial charge in [0.1, 0.15) is 4.32 Å². The molecule has 3 nitrogen and oxygen atoms in total. The molecule has 5 heteroatoms. The van der Waals surface area contributed by atoms with Crippen LogP contribution < -0.4 is 0 Å². The predicted octanol–water partition coefficient (Wildman–Crippen LogP) is 4.68. The lowest BCUT2D eigenvalue weighted by atomic mass is 10.1. The molecular weight excluding hydrogens is 360 g/mol. The fourth-order valence-corrected chi connectivity index (χ4v) is 4.26. The van der Waals surface area contributed by atoms with Gasteiger partial charge in [-0.3, -0.25) is 14.7 Å². The number of para-hydroxylation sites is 1. The van der Waals surface area contributed by atoms with Gasteiger partial charge in [0, 0.05) is 18.1 Å². The zero-order chi connectivity index (χ0) is 17.9. The summed E-state index contributed by atoms with van der Waals surface area (Å²) in [5.41, 5.74) is 3.10. The minimum absolute atomic E-state index is 0.0168. The fraction of sp³-hybridized carbons (Fsp3) is 0.0952. The van der Waals surface area contributed by atoms with Gasteiger partial charge in [-0.2, -0.15) is 0 Å². The van der Waals surface area contributed by atoms with Crippen molar-refractivity contribution in [1.82, 2.24) is 9.88 Å². The Labute approximate surface area is 161 Å². The highest BCUT2D eigenvalue weighted by Gasteiger charge is 2.31. The van der Waals surface area contributed by atoms with E-state index in [0.717, 1.165) is 22.9 Å². The molecule has 26 heavy (non-hydrogen) atoms. The number of fused-ring (bicyclic) bond motifs is 1. The molecule has 0 unspecified atom stereocenters. The Kier molecular flexibility index (Phi) is 4.82. The van der Waals surface area contributed by atoms with E-state index in [1.54, 1.807) is 11.1 Å². The monoisotopic (exact) mass is 376 g/mol. The smallest absolute Gasteiger partial charge is 0.266 e. The fourth-order valence-electron chi connectivity index (χ4n) is 2.96. The van der Waals surface area contributed by atoms with Gasteiger partial charge < -0.3 is 0 Å². The zero-order valence-corrected chi connectivity index (χ0v) is 15.6. The van der Waals surface area contributed by atoms with Crippen molar-refractivity contribution >= 4 is 51.2 Å². The lowest BCUT2D eigenvalue weighted by Crippen LogP contribution is -2.30. The van der Waals surface area contributed by atoms with Crippen LogP contribution in [0.15, 0.2) is 71.8 Å². The number of rotatable bonds is 4. The number of amides is 1. The van der Waals surface area contributed by atoms with Gasteiger partial charge in [-0.25, -0.2) is 0 Å². The zero-order valence-electron chi connectivity index (χ0n) is 14.0. The minimum atomic E-state index is -0.0168. The summed E-state index contributed by atoms with van der Waals surface area (Å²) < 4.78 is 0.621. The molecule has 0 N–H and O–H groups in total. The van der Waals surface area contributed by atoms with Gasteiger partial charge in [0.15, 0.2) is 0 Å². The van der Waals surface area contributed by atoms with E-state index < -0.39 is 0 Å². The minimum Gasteiger partial charge on any atom is -0.293 e. The number of carbonyl (C=O) groups excluding carboxylic acids is 1. The number of hydrogen-bond acceptors (Lipinski definition) is 4. The maximum Gasteiger partial charge on any atom is 0.266 e. The van der Waals surface area contributed by atoms with Gasteiger partial charge in [0.05, 0.1) is 10.4 Å². The molecule has 3 aromatic rings. The third kappa shape index (κ3) is 3.41. The lowest BCUT2D eigenvalue weighted by Gasteiger charge is -2.14. The van der Waals surface area contributed by atoms with Crippen LogP contribution in [0.1, 0.15) is 11.1 Å². The molecular formula is C21H16N2OS2. The van der Waals surface area contributed by atoms with Crippen LogP contribution in [-0.2, 0) is 11.2 Å². The van der Waals surface area contributed by atoms with Crippen molar-refractivity contribution in [3.8, 4) is 0 Å². The molecule has 0 bridgehead atoms. The van der Waals surface area contributed by atoms with E-state index in [4.69, 9.17) is 12.2 Å². The first-order chi connectivity index (χ1) is 12.7.